The quantitative estimate of drug-likeness (QED) is 0.876. The molecule has 0 amide bonds. The van der Waals surface area contributed by atoms with Crippen LogP contribution in [0.25, 0.3) is 0 Å². The highest BCUT2D eigenvalue weighted by Gasteiger charge is 2.43. The highest BCUT2D eigenvalue weighted by molar-refractivity contribution is 5.58. The molecule has 2 heterocycles. The van der Waals surface area contributed by atoms with Crippen LogP contribution in [0, 0.1) is 17.6 Å². The van der Waals surface area contributed by atoms with Crippen LogP contribution in [0.4, 0.5) is 14.5 Å². The van der Waals surface area contributed by atoms with Crippen molar-refractivity contribution in [3.63, 3.8) is 0 Å². The molecule has 1 saturated heterocycles. The van der Waals surface area contributed by atoms with E-state index in [9.17, 15) is 8.78 Å². The number of nitrogens with one attached hydrogen (secondary N) is 2. The van der Waals surface area contributed by atoms with Gasteiger partial charge in [0.25, 0.3) is 0 Å². The van der Waals surface area contributed by atoms with Gasteiger partial charge in [-0.05, 0) is 31.5 Å². The van der Waals surface area contributed by atoms with Crippen LogP contribution in [0.1, 0.15) is 36.1 Å². The summed E-state index contributed by atoms with van der Waals surface area (Å²) >= 11 is 0. The molecule has 5 heteroatoms. The van der Waals surface area contributed by atoms with E-state index < -0.39 is 11.6 Å². The molecule has 0 aromatic heterocycles. The number of halogens is 2. The van der Waals surface area contributed by atoms with Gasteiger partial charge >= 0.3 is 0 Å². The van der Waals surface area contributed by atoms with Crippen LogP contribution in [0.2, 0.25) is 0 Å². The highest BCUT2D eigenvalue weighted by Crippen LogP contribution is 2.50. The van der Waals surface area contributed by atoms with Gasteiger partial charge in [0.05, 0.1) is 23.9 Å². The summed E-state index contributed by atoms with van der Waals surface area (Å²) in [7, 11) is 1.89. The SMILES string of the molecule is CNC[C@@H]1CC[C@@H]2[C@@H](c3ccccc3)Nc3c(F)cc(F)cc3[C@@H]2O1. The smallest absolute Gasteiger partial charge is 0.149 e. The topological polar surface area (TPSA) is 33.3 Å². The fraction of sp³-hybridized carbons (Fsp3) is 0.400. The molecule has 1 fully saturated rings. The first-order chi connectivity index (χ1) is 12.2. The fourth-order valence-corrected chi connectivity index (χ4v) is 4.15. The molecule has 2 aliphatic rings. The van der Waals surface area contributed by atoms with Gasteiger partial charge in [-0.2, -0.15) is 0 Å². The molecule has 25 heavy (non-hydrogen) atoms. The molecule has 2 aromatic carbocycles. The molecule has 4 atom stereocenters. The second-order valence-electron chi connectivity index (χ2n) is 6.86. The second-order valence-corrected chi connectivity index (χ2v) is 6.86. The number of benzene rings is 2. The standard InChI is InChI=1S/C20H22F2N2O/c1-23-11-14-7-8-15-18(12-5-3-2-4-6-12)24-19-16(20(15)25-14)9-13(21)10-17(19)22/h2-6,9-10,14-15,18,20,23-24H,7-8,11H2,1H3/t14-,15+,18+,20+/m0/s1. The van der Waals surface area contributed by atoms with Gasteiger partial charge in [-0.3, -0.25) is 0 Å². The minimum absolute atomic E-state index is 0.0470. The first-order valence-corrected chi connectivity index (χ1v) is 8.78. The third kappa shape index (κ3) is 3.02. The Kier molecular flexibility index (Phi) is 4.44. The molecule has 2 N–H and O–H groups in total. The van der Waals surface area contributed by atoms with Crippen LogP contribution < -0.4 is 10.6 Å². The molecular weight excluding hydrogens is 322 g/mol. The lowest BCUT2D eigenvalue weighted by Gasteiger charge is -2.45. The van der Waals surface area contributed by atoms with Gasteiger partial charge in [-0.25, -0.2) is 8.78 Å². The van der Waals surface area contributed by atoms with E-state index in [1.165, 1.54) is 6.07 Å². The lowest BCUT2D eigenvalue weighted by molar-refractivity contribution is -0.0913. The van der Waals surface area contributed by atoms with Gasteiger partial charge in [0, 0.05) is 24.1 Å². The van der Waals surface area contributed by atoms with Crippen LogP contribution in [0.3, 0.4) is 0 Å². The Balaban J connectivity index is 1.77. The molecule has 0 saturated carbocycles. The van der Waals surface area contributed by atoms with Crippen LogP contribution in [-0.4, -0.2) is 19.7 Å². The summed E-state index contributed by atoms with van der Waals surface area (Å²) in [5, 5.41) is 6.45. The van der Waals surface area contributed by atoms with Crippen molar-refractivity contribution in [1.29, 1.82) is 0 Å². The number of hydrogen-bond acceptors (Lipinski definition) is 3. The first kappa shape index (κ1) is 16.5. The van der Waals surface area contributed by atoms with E-state index in [1.54, 1.807) is 0 Å². The average molecular weight is 344 g/mol. The number of fused-ring (bicyclic) bond motifs is 3. The Bertz CT molecular complexity index is 753. The largest absolute Gasteiger partial charge is 0.375 e. The summed E-state index contributed by atoms with van der Waals surface area (Å²) in [4.78, 5) is 0. The maximum atomic E-state index is 14.5. The van der Waals surface area contributed by atoms with Crippen molar-refractivity contribution in [3.8, 4) is 0 Å². The Morgan fingerprint density at radius 1 is 1.16 bits per heavy atom. The van der Waals surface area contributed by atoms with E-state index in [-0.39, 0.29) is 24.2 Å². The zero-order chi connectivity index (χ0) is 17.4. The summed E-state index contributed by atoms with van der Waals surface area (Å²) in [6.45, 7) is 0.736. The van der Waals surface area contributed by atoms with E-state index in [1.807, 2.05) is 37.4 Å². The predicted octanol–water partition coefficient (Wildman–Crippen LogP) is 4.19. The van der Waals surface area contributed by atoms with E-state index in [0.29, 0.717) is 11.3 Å². The van der Waals surface area contributed by atoms with Crippen LogP contribution in [0.5, 0.6) is 0 Å². The van der Waals surface area contributed by atoms with Crippen molar-refractivity contribution >= 4 is 5.69 Å². The molecule has 132 valence electrons. The van der Waals surface area contributed by atoms with Gasteiger partial charge < -0.3 is 15.4 Å². The van der Waals surface area contributed by atoms with Gasteiger partial charge in [0.15, 0.2) is 0 Å². The minimum Gasteiger partial charge on any atom is -0.375 e. The molecule has 0 bridgehead atoms. The van der Waals surface area contributed by atoms with Gasteiger partial charge in [0.1, 0.15) is 11.6 Å². The Labute approximate surface area is 146 Å². The molecule has 0 unspecified atom stereocenters. The number of anilines is 1. The van der Waals surface area contributed by atoms with Crippen molar-refractivity contribution in [2.45, 2.75) is 31.1 Å². The monoisotopic (exact) mass is 344 g/mol. The van der Waals surface area contributed by atoms with E-state index >= 15 is 0 Å². The molecular formula is C20H22F2N2O. The van der Waals surface area contributed by atoms with Crippen molar-refractivity contribution in [3.05, 3.63) is 65.2 Å². The van der Waals surface area contributed by atoms with Crippen LogP contribution in [-0.2, 0) is 4.74 Å². The van der Waals surface area contributed by atoms with Crippen LogP contribution in [0.15, 0.2) is 42.5 Å². The zero-order valence-electron chi connectivity index (χ0n) is 14.1. The predicted molar refractivity (Wildman–Crippen MR) is 93.4 cm³/mol. The molecule has 0 aliphatic carbocycles. The van der Waals surface area contributed by atoms with Crippen molar-refractivity contribution in [2.75, 3.05) is 18.9 Å². The Hall–Kier alpha value is -1.98. The maximum absolute atomic E-state index is 14.5. The van der Waals surface area contributed by atoms with E-state index in [0.717, 1.165) is 31.0 Å². The average Bonchev–Trinajstić information content (AvgIpc) is 2.62. The zero-order valence-corrected chi connectivity index (χ0v) is 14.1. The molecule has 0 radical (unpaired) electrons. The van der Waals surface area contributed by atoms with E-state index in [2.05, 4.69) is 10.6 Å². The summed E-state index contributed by atoms with van der Waals surface area (Å²) in [6.07, 6.45) is 1.63. The van der Waals surface area contributed by atoms with Crippen molar-refractivity contribution < 1.29 is 13.5 Å². The Morgan fingerprint density at radius 3 is 2.72 bits per heavy atom. The van der Waals surface area contributed by atoms with E-state index in [4.69, 9.17) is 4.74 Å². The summed E-state index contributed by atoms with van der Waals surface area (Å²) in [6, 6.07) is 12.3. The molecule has 2 aromatic rings. The summed E-state index contributed by atoms with van der Waals surface area (Å²) in [5.41, 5.74) is 2.06. The Morgan fingerprint density at radius 2 is 1.96 bits per heavy atom. The molecule has 0 spiro atoms. The number of rotatable bonds is 3. The minimum atomic E-state index is -0.561. The summed E-state index contributed by atoms with van der Waals surface area (Å²) in [5.74, 6) is -0.979. The highest BCUT2D eigenvalue weighted by atomic mass is 19.1. The number of ether oxygens (including phenoxy) is 1. The van der Waals surface area contributed by atoms with Gasteiger partial charge in [-0.1, -0.05) is 30.3 Å². The van der Waals surface area contributed by atoms with Crippen LogP contribution >= 0.6 is 0 Å². The number of likely N-dealkylation sites (N-methyl/N-ethyl adjacent to an activating group) is 1. The molecule has 4 rings (SSSR count). The summed E-state index contributed by atoms with van der Waals surface area (Å²) < 4.78 is 34.6. The molecule has 3 nitrogen and oxygen atoms in total. The lowest BCUT2D eigenvalue weighted by Crippen LogP contribution is -2.41. The van der Waals surface area contributed by atoms with Gasteiger partial charge in [-0.15, -0.1) is 0 Å². The second kappa shape index (κ2) is 6.73. The molecule has 2 aliphatic heterocycles. The van der Waals surface area contributed by atoms with Gasteiger partial charge in [0.2, 0.25) is 0 Å². The van der Waals surface area contributed by atoms with Crippen molar-refractivity contribution in [1.82, 2.24) is 5.32 Å². The maximum Gasteiger partial charge on any atom is 0.149 e. The number of hydrogen-bond donors (Lipinski definition) is 2. The third-order valence-corrected chi connectivity index (χ3v) is 5.26. The third-order valence-electron chi connectivity index (χ3n) is 5.26. The van der Waals surface area contributed by atoms with Crippen molar-refractivity contribution in [2.24, 2.45) is 5.92 Å². The first-order valence-electron chi connectivity index (χ1n) is 8.78. The normalized spacial score (nSPS) is 28.0. The fourth-order valence-electron chi connectivity index (χ4n) is 4.15. The lowest BCUT2D eigenvalue weighted by atomic mass is 9.76.